The molecule has 2 aromatic carbocycles. The maximum Gasteiger partial charge on any atom is 0.339 e. The van der Waals surface area contributed by atoms with Gasteiger partial charge in [-0.1, -0.05) is 29.8 Å². The Morgan fingerprint density at radius 3 is 2.53 bits per heavy atom. The van der Waals surface area contributed by atoms with E-state index in [0.717, 1.165) is 27.8 Å². The van der Waals surface area contributed by atoms with Crippen molar-refractivity contribution in [3.8, 4) is 11.3 Å². The van der Waals surface area contributed by atoms with Crippen molar-refractivity contribution >= 4 is 58.1 Å². The van der Waals surface area contributed by atoms with Crippen LogP contribution in [0.25, 0.3) is 17.4 Å². The van der Waals surface area contributed by atoms with Gasteiger partial charge in [-0.3, -0.25) is 19.3 Å². The number of carbonyl (C=O) groups is 4. The van der Waals surface area contributed by atoms with E-state index in [1.807, 2.05) is 32.0 Å². The summed E-state index contributed by atoms with van der Waals surface area (Å²) < 4.78 is 10.5. The first-order chi connectivity index (χ1) is 17.2. The zero-order valence-corrected chi connectivity index (χ0v) is 21.2. The summed E-state index contributed by atoms with van der Waals surface area (Å²) in [7, 11) is 1.26. The van der Waals surface area contributed by atoms with Crippen LogP contribution in [-0.2, 0) is 14.3 Å². The minimum atomic E-state index is -0.584. The number of thioether (sulfide) groups is 1. The SMILES string of the molecule is COC(=O)c1cc(-c2ccc(/C=C3/SC(=O)N(CC(=O)Nc4c(C)cccc4C)C3=O)o2)ccc1Cl. The number of methoxy groups -OCH3 is 1. The quantitative estimate of drug-likeness (QED) is 0.326. The molecule has 184 valence electrons. The number of furan rings is 1. The summed E-state index contributed by atoms with van der Waals surface area (Å²) in [6.45, 7) is 3.33. The third kappa shape index (κ3) is 5.22. The Kier molecular flexibility index (Phi) is 7.32. The van der Waals surface area contributed by atoms with E-state index in [9.17, 15) is 19.2 Å². The van der Waals surface area contributed by atoms with Gasteiger partial charge in [-0.15, -0.1) is 0 Å². The number of anilines is 1. The number of ether oxygens (including phenoxy) is 1. The molecule has 1 aliphatic rings. The number of benzene rings is 2. The molecule has 2 heterocycles. The lowest BCUT2D eigenvalue weighted by molar-refractivity contribution is -0.127. The fourth-order valence-electron chi connectivity index (χ4n) is 3.63. The van der Waals surface area contributed by atoms with Crippen LogP contribution in [0.4, 0.5) is 10.5 Å². The first-order valence-corrected chi connectivity index (χ1v) is 12.0. The van der Waals surface area contributed by atoms with Gasteiger partial charge >= 0.3 is 5.97 Å². The number of nitrogens with zero attached hydrogens (tertiary/aromatic N) is 1. The molecule has 1 aromatic heterocycles. The van der Waals surface area contributed by atoms with Crippen molar-refractivity contribution in [1.82, 2.24) is 4.90 Å². The van der Waals surface area contributed by atoms with Crippen LogP contribution in [-0.4, -0.2) is 41.6 Å². The smallest absolute Gasteiger partial charge is 0.339 e. The van der Waals surface area contributed by atoms with E-state index in [1.54, 1.807) is 30.3 Å². The molecule has 1 N–H and O–H groups in total. The normalized spacial score (nSPS) is 14.4. The molecule has 36 heavy (non-hydrogen) atoms. The Morgan fingerprint density at radius 1 is 1.11 bits per heavy atom. The zero-order valence-electron chi connectivity index (χ0n) is 19.6. The van der Waals surface area contributed by atoms with Gasteiger partial charge < -0.3 is 14.5 Å². The fourth-order valence-corrected chi connectivity index (χ4v) is 4.64. The second-order valence-electron chi connectivity index (χ2n) is 7.97. The summed E-state index contributed by atoms with van der Waals surface area (Å²) in [5, 5.41) is 2.48. The molecule has 0 saturated carbocycles. The van der Waals surface area contributed by atoms with Crippen LogP contribution in [0, 0.1) is 13.8 Å². The van der Waals surface area contributed by atoms with E-state index in [1.165, 1.54) is 13.2 Å². The van der Waals surface area contributed by atoms with Crippen LogP contribution in [0.2, 0.25) is 5.02 Å². The molecule has 3 aromatic rings. The molecular formula is C26H21ClN2O6S. The Morgan fingerprint density at radius 2 is 1.83 bits per heavy atom. The van der Waals surface area contributed by atoms with Gasteiger partial charge in [0.1, 0.15) is 18.1 Å². The van der Waals surface area contributed by atoms with Crippen molar-refractivity contribution in [3.63, 3.8) is 0 Å². The topological polar surface area (TPSA) is 106 Å². The first kappa shape index (κ1) is 25.3. The van der Waals surface area contributed by atoms with Crippen LogP contribution >= 0.6 is 23.4 Å². The lowest BCUT2D eigenvalue weighted by Gasteiger charge is -2.15. The van der Waals surface area contributed by atoms with Gasteiger partial charge in [0.05, 0.1) is 22.6 Å². The molecular weight excluding hydrogens is 504 g/mol. The number of amides is 3. The van der Waals surface area contributed by atoms with Crippen LogP contribution < -0.4 is 5.32 Å². The minimum Gasteiger partial charge on any atom is -0.465 e. The standard InChI is InChI=1S/C26H21ClN2O6S/c1-14-5-4-6-15(2)23(14)28-22(30)13-29-24(31)21(36-26(29)33)12-17-8-10-20(35-17)16-7-9-19(27)18(11-16)25(32)34-3/h4-12H,13H2,1-3H3,(H,28,30)/b21-12+. The number of halogens is 1. The van der Waals surface area contributed by atoms with Crippen LogP contribution in [0.5, 0.6) is 0 Å². The number of rotatable bonds is 6. The number of carbonyl (C=O) groups excluding carboxylic acids is 4. The molecule has 0 bridgehead atoms. The molecule has 0 aliphatic carbocycles. The predicted octanol–water partition coefficient (Wildman–Crippen LogP) is 5.68. The number of para-hydroxylation sites is 1. The molecule has 1 fully saturated rings. The summed E-state index contributed by atoms with van der Waals surface area (Å²) in [5.41, 5.74) is 3.19. The van der Waals surface area contributed by atoms with Gasteiger partial charge in [-0.2, -0.15) is 0 Å². The van der Waals surface area contributed by atoms with Gasteiger partial charge in [0.15, 0.2) is 0 Å². The third-order valence-corrected chi connectivity index (χ3v) is 6.71. The lowest BCUT2D eigenvalue weighted by atomic mass is 10.1. The Hall–Kier alpha value is -3.82. The van der Waals surface area contributed by atoms with E-state index in [0.29, 0.717) is 22.8 Å². The predicted molar refractivity (Wildman–Crippen MR) is 138 cm³/mol. The van der Waals surface area contributed by atoms with Crippen LogP contribution in [0.3, 0.4) is 0 Å². The summed E-state index contributed by atoms with van der Waals surface area (Å²) in [4.78, 5) is 50.8. The van der Waals surface area contributed by atoms with Gasteiger partial charge in [0.25, 0.3) is 11.1 Å². The molecule has 1 saturated heterocycles. The van der Waals surface area contributed by atoms with Gasteiger partial charge in [0.2, 0.25) is 5.91 Å². The van der Waals surface area contributed by atoms with Crippen molar-refractivity contribution in [3.05, 3.63) is 80.9 Å². The molecule has 1 aliphatic heterocycles. The Balaban J connectivity index is 1.49. The second-order valence-corrected chi connectivity index (χ2v) is 9.37. The number of imide groups is 1. The monoisotopic (exact) mass is 524 g/mol. The van der Waals surface area contributed by atoms with Gasteiger partial charge in [-0.05, 0) is 67.1 Å². The van der Waals surface area contributed by atoms with Crippen LogP contribution in [0.1, 0.15) is 27.2 Å². The number of esters is 1. The summed E-state index contributed by atoms with van der Waals surface area (Å²) in [5.74, 6) is -0.885. The minimum absolute atomic E-state index is 0.132. The summed E-state index contributed by atoms with van der Waals surface area (Å²) in [6, 6.07) is 13.7. The number of hydrogen-bond acceptors (Lipinski definition) is 7. The fraction of sp³-hybridized carbons (Fsp3) is 0.154. The Labute approximate surface area is 216 Å². The van der Waals surface area contributed by atoms with Gasteiger partial charge in [0, 0.05) is 17.3 Å². The van der Waals surface area contributed by atoms with E-state index < -0.39 is 29.6 Å². The maximum absolute atomic E-state index is 12.8. The summed E-state index contributed by atoms with van der Waals surface area (Å²) in [6.07, 6.45) is 1.44. The Bertz CT molecular complexity index is 1410. The average molecular weight is 525 g/mol. The van der Waals surface area contributed by atoms with Crippen molar-refractivity contribution in [1.29, 1.82) is 0 Å². The molecule has 0 atom stereocenters. The molecule has 4 rings (SSSR count). The van der Waals surface area contributed by atoms with E-state index in [2.05, 4.69) is 5.32 Å². The van der Waals surface area contributed by atoms with Crippen molar-refractivity contribution < 1.29 is 28.3 Å². The van der Waals surface area contributed by atoms with Crippen molar-refractivity contribution in [2.24, 2.45) is 0 Å². The highest BCUT2D eigenvalue weighted by atomic mass is 35.5. The number of aryl methyl sites for hydroxylation is 2. The largest absolute Gasteiger partial charge is 0.465 e. The van der Waals surface area contributed by atoms with E-state index in [4.69, 9.17) is 20.8 Å². The lowest BCUT2D eigenvalue weighted by Crippen LogP contribution is -2.36. The number of nitrogens with one attached hydrogen (secondary N) is 1. The molecule has 0 spiro atoms. The molecule has 3 amide bonds. The average Bonchev–Trinajstić information content (AvgIpc) is 3.41. The van der Waals surface area contributed by atoms with E-state index >= 15 is 0 Å². The highest BCUT2D eigenvalue weighted by Crippen LogP contribution is 2.34. The molecule has 10 heteroatoms. The van der Waals surface area contributed by atoms with Gasteiger partial charge in [-0.25, -0.2) is 4.79 Å². The molecule has 0 unspecified atom stereocenters. The summed E-state index contributed by atoms with van der Waals surface area (Å²) >= 11 is 6.80. The third-order valence-electron chi connectivity index (χ3n) is 5.48. The second kappa shape index (κ2) is 10.4. The number of hydrogen-bond donors (Lipinski definition) is 1. The first-order valence-electron chi connectivity index (χ1n) is 10.8. The maximum atomic E-state index is 12.8. The van der Waals surface area contributed by atoms with Crippen molar-refractivity contribution in [2.75, 3.05) is 19.0 Å². The highest BCUT2D eigenvalue weighted by Gasteiger charge is 2.36. The van der Waals surface area contributed by atoms with Crippen LogP contribution in [0.15, 0.2) is 57.9 Å². The highest BCUT2D eigenvalue weighted by molar-refractivity contribution is 8.18. The molecule has 0 radical (unpaired) electrons. The van der Waals surface area contributed by atoms with Crippen molar-refractivity contribution in [2.45, 2.75) is 13.8 Å². The van der Waals surface area contributed by atoms with E-state index in [-0.39, 0.29) is 15.5 Å². The molecule has 8 nitrogen and oxygen atoms in total. The zero-order chi connectivity index (χ0) is 26.0.